The highest BCUT2D eigenvalue weighted by atomic mass is 32.2. The first-order chi connectivity index (χ1) is 13.1. The number of rotatable bonds is 8. The molecule has 0 bridgehead atoms. The van der Waals surface area contributed by atoms with Gasteiger partial charge in [0.15, 0.2) is 11.9 Å². The Morgan fingerprint density at radius 3 is 2.36 bits per heavy atom. The fourth-order valence-electron chi connectivity index (χ4n) is 3.09. The summed E-state index contributed by atoms with van der Waals surface area (Å²) in [6.45, 7) is 10.6. The van der Waals surface area contributed by atoms with Crippen molar-refractivity contribution in [3.8, 4) is 0 Å². The van der Waals surface area contributed by atoms with E-state index in [1.807, 2.05) is 6.07 Å². The summed E-state index contributed by atoms with van der Waals surface area (Å²) in [4.78, 5) is 40.5. The Bertz CT molecular complexity index is 914. The number of thioether (sulfide) groups is 1. The van der Waals surface area contributed by atoms with Gasteiger partial charge in [-0.05, 0) is 70.4 Å². The van der Waals surface area contributed by atoms with E-state index in [4.69, 9.17) is 4.74 Å². The maximum Gasteiger partial charge on any atom is 0.307 e. The molecule has 0 amide bonds. The molecule has 2 rings (SSSR count). The number of aryl methyl sites for hydroxylation is 3. The van der Waals surface area contributed by atoms with E-state index in [1.165, 1.54) is 18.1 Å². The number of ether oxygens (including phenoxy) is 1. The predicted molar refractivity (Wildman–Crippen MR) is 111 cm³/mol. The summed E-state index contributed by atoms with van der Waals surface area (Å²) in [5.41, 5.74) is 4.55. The van der Waals surface area contributed by atoms with Crippen molar-refractivity contribution in [1.29, 1.82) is 0 Å². The van der Waals surface area contributed by atoms with Crippen molar-refractivity contribution >= 4 is 29.3 Å². The number of H-pyrrole nitrogens is 1. The summed E-state index contributed by atoms with van der Waals surface area (Å²) in [6, 6.07) is 6.20. The standard InChI is InChI=1S/C22H27NO4S/c1-12-7-8-18(11-13(12)2)28-10-9-19(25)27-17(6)22(26)21-14(3)20(16(5)24)15(4)23-21/h7-8,11,17,23H,9-10H2,1-6H3/t17-/m0/s1. The van der Waals surface area contributed by atoms with E-state index >= 15 is 0 Å². The third-order valence-corrected chi connectivity index (χ3v) is 5.76. The summed E-state index contributed by atoms with van der Waals surface area (Å²) < 4.78 is 5.31. The Labute approximate surface area is 170 Å². The van der Waals surface area contributed by atoms with Crippen LogP contribution in [0.3, 0.4) is 0 Å². The molecule has 5 nitrogen and oxygen atoms in total. The van der Waals surface area contributed by atoms with Gasteiger partial charge in [0.25, 0.3) is 0 Å². The number of Topliss-reactive ketones (excluding diaryl/α,β-unsaturated/α-hetero) is 2. The lowest BCUT2D eigenvalue weighted by atomic mass is 10.0. The van der Waals surface area contributed by atoms with Gasteiger partial charge in [0, 0.05) is 21.9 Å². The molecule has 2 aromatic rings. The third kappa shape index (κ3) is 5.13. The summed E-state index contributed by atoms with van der Waals surface area (Å²) in [6.07, 6.45) is -0.688. The van der Waals surface area contributed by atoms with Crippen molar-refractivity contribution in [3.05, 3.63) is 51.8 Å². The van der Waals surface area contributed by atoms with Gasteiger partial charge in [-0.25, -0.2) is 0 Å². The lowest BCUT2D eigenvalue weighted by Gasteiger charge is -2.12. The number of carbonyl (C=O) groups excluding carboxylic acids is 3. The van der Waals surface area contributed by atoms with Gasteiger partial charge in [-0.1, -0.05) is 6.07 Å². The molecule has 1 heterocycles. The Morgan fingerprint density at radius 1 is 1.11 bits per heavy atom. The van der Waals surface area contributed by atoms with Crippen molar-refractivity contribution in [2.24, 2.45) is 0 Å². The van der Waals surface area contributed by atoms with Crippen LogP contribution in [0.2, 0.25) is 0 Å². The zero-order valence-corrected chi connectivity index (χ0v) is 18.1. The fourth-order valence-corrected chi connectivity index (χ4v) is 4.02. The smallest absolute Gasteiger partial charge is 0.307 e. The first kappa shape index (κ1) is 22.0. The van der Waals surface area contributed by atoms with Crippen LogP contribution in [0.25, 0.3) is 0 Å². The van der Waals surface area contributed by atoms with E-state index in [-0.39, 0.29) is 18.0 Å². The molecular weight excluding hydrogens is 374 g/mol. The highest BCUT2D eigenvalue weighted by molar-refractivity contribution is 7.99. The minimum Gasteiger partial charge on any atom is -0.454 e. The number of esters is 1. The molecule has 0 fully saturated rings. The molecule has 6 heteroatoms. The lowest BCUT2D eigenvalue weighted by Crippen LogP contribution is -2.25. The van der Waals surface area contributed by atoms with E-state index < -0.39 is 12.1 Å². The van der Waals surface area contributed by atoms with Crippen LogP contribution >= 0.6 is 11.8 Å². The minimum absolute atomic E-state index is 0.0988. The molecule has 0 saturated carbocycles. The number of hydrogen-bond donors (Lipinski definition) is 1. The first-order valence-corrected chi connectivity index (χ1v) is 10.2. The SMILES string of the molecule is CC(=O)c1c(C)[nH]c(C(=O)[C@H](C)OC(=O)CCSc2ccc(C)c(C)c2)c1C. The van der Waals surface area contributed by atoms with Crippen LogP contribution in [-0.4, -0.2) is 34.4 Å². The number of aromatic nitrogens is 1. The topological polar surface area (TPSA) is 76.2 Å². The van der Waals surface area contributed by atoms with Crippen LogP contribution in [0.5, 0.6) is 0 Å². The number of carbonyl (C=O) groups is 3. The Hall–Kier alpha value is -2.34. The molecule has 0 aliphatic heterocycles. The van der Waals surface area contributed by atoms with Gasteiger partial charge < -0.3 is 9.72 Å². The molecule has 0 aliphatic carbocycles. The van der Waals surface area contributed by atoms with Gasteiger partial charge in [-0.2, -0.15) is 0 Å². The molecule has 1 N–H and O–H groups in total. The average molecular weight is 402 g/mol. The lowest BCUT2D eigenvalue weighted by molar-refractivity contribution is -0.145. The highest BCUT2D eigenvalue weighted by Gasteiger charge is 2.25. The maximum absolute atomic E-state index is 12.6. The highest BCUT2D eigenvalue weighted by Crippen LogP contribution is 2.23. The van der Waals surface area contributed by atoms with Crippen LogP contribution in [0.15, 0.2) is 23.1 Å². The van der Waals surface area contributed by atoms with Crippen LogP contribution < -0.4 is 0 Å². The number of ketones is 2. The zero-order valence-electron chi connectivity index (χ0n) is 17.3. The molecule has 1 atom stereocenters. The van der Waals surface area contributed by atoms with Gasteiger partial charge in [0.1, 0.15) is 0 Å². The molecule has 150 valence electrons. The first-order valence-electron chi connectivity index (χ1n) is 9.25. The van der Waals surface area contributed by atoms with Gasteiger partial charge in [0.2, 0.25) is 5.78 Å². The number of nitrogens with one attached hydrogen (secondary N) is 1. The summed E-state index contributed by atoms with van der Waals surface area (Å²) in [7, 11) is 0. The van der Waals surface area contributed by atoms with Crippen LogP contribution in [-0.2, 0) is 9.53 Å². The summed E-state index contributed by atoms with van der Waals surface area (Å²) in [5, 5.41) is 0. The van der Waals surface area contributed by atoms with Crippen LogP contribution in [0, 0.1) is 27.7 Å². The Morgan fingerprint density at radius 2 is 1.79 bits per heavy atom. The third-order valence-electron chi connectivity index (χ3n) is 4.77. The van der Waals surface area contributed by atoms with Crippen LogP contribution in [0.1, 0.15) is 63.5 Å². The van der Waals surface area contributed by atoms with Gasteiger partial charge in [-0.15, -0.1) is 11.8 Å². The second kappa shape index (κ2) is 9.24. The molecule has 28 heavy (non-hydrogen) atoms. The maximum atomic E-state index is 12.6. The summed E-state index contributed by atoms with van der Waals surface area (Å²) >= 11 is 1.59. The van der Waals surface area contributed by atoms with Gasteiger partial charge in [0.05, 0.1) is 12.1 Å². The molecular formula is C22H27NO4S. The van der Waals surface area contributed by atoms with Gasteiger partial charge >= 0.3 is 5.97 Å². The van der Waals surface area contributed by atoms with Crippen molar-refractivity contribution < 1.29 is 19.1 Å². The van der Waals surface area contributed by atoms with Crippen molar-refractivity contribution in [2.45, 2.75) is 59.0 Å². The Balaban J connectivity index is 1.91. The normalized spacial score (nSPS) is 11.9. The molecule has 0 saturated heterocycles. The van der Waals surface area contributed by atoms with E-state index in [9.17, 15) is 14.4 Å². The van der Waals surface area contributed by atoms with E-state index in [0.29, 0.717) is 28.3 Å². The predicted octanol–water partition coefficient (Wildman–Crippen LogP) is 4.75. The fraction of sp³-hybridized carbons (Fsp3) is 0.409. The minimum atomic E-state index is -0.907. The second-order valence-electron chi connectivity index (χ2n) is 7.02. The molecule has 0 radical (unpaired) electrons. The Kier molecular flexibility index (Phi) is 7.24. The number of benzene rings is 1. The molecule has 0 unspecified atom stereocenters. The molecule has 1 aromatic carbocycles. The molecule has 0 spiro atoms. The number of hydrogen-bond acceptors (Lipinski definition) is 5. The monoisotopic (exact) mass is 401 g/mol. The summed E-state index contributed by atoms with van der Waals surface area (Å²) in [5.74, 6) is -0.260. The molecule has 1 aromatic heterocycles. The average Bonchev–Trinajstić information content (AvgIpc) is 2.91. The quantitative estimate of drug-likeness (QED) is 0.392. The van der Waals surface area contributed by atoms with E-state index in [2.05, 4.69) is 31.0 Å². The van der Waals surface area contributed by atoms with Crippen molar-refractivity contribution in [2.75, 3.05) is 5.75 Å². The van der Waals surface area contributed by atoms with E-state index in [0.717, 1.165) is 4.90 Å². The van der Waals surface area contributed by atoms with E-state index in [1.54, 1.807) is 32.5 Å². The van der Waals surface area contributed by atoms with Crippen molar-refractivity contribution in [1.82, 2.24) is 4.98 Å². The largest absolute Gasteiger partial charge is 0.454 e. The van der Waals surface area contributed by atoms with Crippen molar-refractivity contribution in [3.63, 3.8) is 0 Å². The zero-order chi connectivity index (χ0) is 21.0. The second-order valence-corrected chi connectivity index (χ2v) is 8.19. The number of aromatic amines is 1. The van der Waals surface area contributed by atoms with Gasteiger partial charge in [-0.3, -0.25) is 14.4 Å². The van der Waals surface area contributed by atoms with Crippen LogP contribution in [0.4, 0.5) is 0 Å². The molecule has 0 aliphatic rings.